The molecule has 1 amide bonds. The molecule has 5 rings (SSSR count). The molecule has 1 unspecified atom stereocenters. The number of nitrogens with one attached hydrogen (secondary N) is 1. The molecule has 1 atom stereocenters. The molecule has 2 aliphatic rings. The molecule has 3 aromatic carbocycles. The molecule has 0 saturated carbocycles. The Balaban J connectivity index is 0.00000253. The third-order valence-corrected chi connectivity index (χ3v) is 9.81. The van der Waals surface area contributed by atoms with Crippen molar-refractivity contribution in [2.75, 3.05) is 43.3 Å². The van der Waals surface area contributed by atoms with Crippen LogP contribution in [-0.2, 0) is 10.0 Å². The first-order valence-electron chi connectivity index (χ1n) is 14.0. The minimum absolute atomic E-state index is 0. The molecule has 0 aliphatic carbocycles. The van der Waals surface area contributed by atoms with Gasteiger partial charge in [0, 0.05) is 41.3 Å². The number of sulfonamides is 1. The zero-order valence-electron chi connectivity index (χ0n) is 24.2. The Morgan fingerprint density at radius 1 is 0.977 bits per heavy atom. The summed E-state index contributed by atoms with van der Waals surface area (Å²) in [6.45, 7) is 5.79. The van der Waals surface area contributed by atoms with Gasteiger partial charge < -0.3 is 5.32 Å². The lowest BCUT2D eigenvalue weighted by Crippen LogP contribution is -2.61. The summed E-state index contributed by atoms with van der Waals surface area (Å²) in [6, 6.07) is 22.3. The maximum atomic E-state index is 13.1. The van der Waals surface area contributed by atoms with Gasteiger partial charge in [0.2, 0.25) is 10.0 Å². The lowest BCUT2D eigenvalue weighted by atomic mass is 9.93. The average molecular weight is 689 g/mol. The molecule has 1 N–H and O–H groups in total. The van der Waals surface area contributed by atoms with E-state index in [2.05, 4.69) is 22.0 Å². The van der Waals surface area contributed by atoms with Crippen LogP contribution in [0.5, 0.6) is 0 Å². The fourth-order valence-corrected chi connectivity index (χ4v) is 7.49. The lowest BCUT2D eigenvalue weighted by Gasteiger charge is -2.48. The van der Waals surface area contributed by atoms with Crippen molar-refractivity contribution in [2.24, 2.45) is 0 Å². The number of likely N-dealkylation sites (tertiary alicyclic amines) is 2. The van der Waals surface area contributed by atoms with Gasteiger partial charge in [-0.25, -0.2) is 8.42 Å². The number of hydrogen-bond donors (Lipinski definition) is 1. The first-order valence-corrected chi connectivity index (χ1v) is 16.6. The summed E-state index contributed by atoms with van der Waals surface area (Å²) in [5.74, 6) is -0.191. The number of likely N-dealkylation sites (N-methyl/N-ethyl adjacent to an activating group) is 1. The van der Waals surface area contributed by atoms with Crippen molar-refractivity contribution in [2.45, 2.75) is 37.9 Å². The predicted molar refractivity (Wildman–Crippen MR) is 181 cm³/mol. The van der Waals surface area contributed by atoms with Crippen molar-refractivity contribution in [1.82, 2.24) is 15.1 Å². The molecular weight excluding hydrogens is 650 g/mol. The van der Waals surface area contributed by atoms with E-state index in [0.717, 1.165) is 37.1 Å². The molecule has 2 aliphatic heterocycles. The molecule has 0 radical (unpaired) electrons. The molecule has 2 heterocycles. The zero-order valence-corrected chi connectivity index (χ0v) is 28.1. The van der Waals surface area contributed by atoms with Gasteiger partial charge in [-0.05, 0) is 79.5 Å². The number of nitrogens with zero attached hydrogens (tertiary/aromatic N) is 3. The van der Waals surface area contributed by atoms with Crippen molar-refractivity contribution < 1.29 is 13.2 Å². The quantitative estimate of drug-likeness (QED) is 0.271. The Morgan fingerprint density at radius 3 is 2.09 bits per heavy atom. The van der Waals surface area contributed by atoms with Crippen LogP contribution in [0.2, 0.25) is 10.0 Å². The van der Waals surface area contributed by atoms with Crippen LogP contribution in [0, 0.1) is 0 Å². The normalized spacial score (nSPS) is 17.6. The van der Waals surface area contributed by atoms with Gasteiger partial charge in [-0.1, -0.05) is 60.5 Å². The van der Waals surface area contributed by atoms with Gasteiger partial charge in [-0.2, -0.15) is 0 Å². The molecule has 43 heavy (non-hydrogen) atoms. The smallest absolute Gasteiger partial charge is 0.251 e. The van der Waals surface area contributed by atoms with Crippen molar-refractivity contribution in [3.63, 3.8) is 0 Å². The van der Waals surface area contributed by atoms with Crippen LogP contribution in [-0.4, -0.2) is 75.2 Å². The number of rotatable bonds is 10. The van der Waals surface area contributed by atoms with Gasteiger partial charge in [-0.15, -0.1) is 24.8 Å². The zero-order chi connectivity index (χ0) is 29.1. The van der Waals surface area contributed by atoms with E-state index < -0.39 is 10.0 Å². The van der Waals surface area contributed by atoms with E-state index in [4.69, 9.17) is 23.2 Å². The monoisotopic (exact) mass is 686 g/mol. The number of benzene rings is 3. The molecule has 234 valence electrons. The van der Waals surface area contributed by atoms with E-state index in [0.29, 0.717) is 47.0 Å². The Kier molecular flexibility index (Phi) is 12.6. The summed E-state index contributed by atoms with van der Waals surface area (Å²) in [4.78, 5) is 17.7. The Hall–Kier alpha value is -2.04. The molecule has 0 aromatic heterocycles. The van der Waals surface area contributed by atoms with Crippen molar-refractivity contribution in [1.29, 1.82) is 0 Å². The number of halogens is 4. The second kappa shape index (κ2) is 15.3. The third-order valence-electron chi connectivity index (χ3n) is 8.08. The second-order valence-electron chi connectivity index (χ2n) is 10.9. The van der Waals surface area contributed by atoms with Crippen LogP contribution in [0.25, 0.3) is 0 Å². The number of carbonyl (C=O) groups is 1. The third kappa shape index (κ3) is 8.37. The fourth-order valence-electron chi connectivity index (χ4n) is 6.06. The van der Waals surface area contributed by atoms with Crippen LogP contribution in [0.1, 0.15) is 47.3 Å². The Bertz CT molecular complexity index is 1420. The highest BCUT2D eigenvalue weighted by Gasteiger charge is 2.41. The van der Waals surface area contributed by atoms with Gasteiger partial charge in [0.25, 0.3) is 5.91 Å². The van der Waals surface area contributed by atoms with Crippen LogP contribution in [0.15, 0.2) is 72.8 Å². The number of anilines is 1. The van der Waals surface area contributed by atoms with Gasteiger partial charge in [0.15, 0.2) is 0 Å². The van der Waals surface area contributed by atoms with Crippen molar-refractivity contribution >= 4 is 69.6 Å². The van der Waals surface area contributed by atoms with Crippen LogP contribution in [0.4, 0.5) is 5.69 Å². The molecule has 2 fully saturated rings. The summed E-state index contributed by atoms with van der Waals surface area (Å²) in [5, 5.41) is 4.37. The standard InChI is InChI=1S/C31H36Cl2N4O3S.2ClH/c1-3-35-17-5-8-28(35)19-34-31(38)24-6-4-7-27(18-24)37(41(2,39)40)29-20-36(21-29)30(22-9-13-25(32)14-10-22)23-11-15-26(33)16-12-23;;/h4,6-7,9-16,18,28-30H,3,5,8,17,19-21H2,1-2H3,(H,34,38);2*1H. The van der Waals surface area contributed by atoms with E-state index in [1.807, 2.05) is 48.5 Å². The number of carbonyl (C=O) groups excluding carboxylic acids is 1. The predicted octanol–water partition coefficient (Wildman–Crippen LogP) is 6.29. The minimum atomic E-state index is -3.61. The SMILES string of the molecule is CCN1CCCC1CNC(=O)c1cccc(N(C2CN(C(c3ccc(Cl)cc3)c3ccc(Cl)cc3)C2)S(C)(=O)=O)c1.Cl.Cl. The summed E-state index contributed by atoms with van der Waals surface area (Å²) in [6.07, 6.45) is 3.43. The fraction of sp³-hybridized carbons (Fsp3) is 0.387. The van der Waals surface area contributed by atoms with E-state index in [1.165, 1.54) is 10.6 Å². The maximum absolute atomic E-state index is 13.1. The number of hydrogen-bond acceptors (Lipinski definition) is 5. The van der Waals surface area contributed by atoms with Crippen molar-refractivity contribution in [3.8, 4) is 0 Å². The minimum Gasteiger partial charge on any atom is -0.350 e. The summed E-state index contributed by atoms with van der Waals surface area (Å²) >= 11 is 12.3. The van der Waals surface area contributed by atoms with Crippen LogP contribution in [0.3, 0.4) is 0 Å². The topological polar surface area (TPSA) is 73.0 Å². The highest BCUT2D eigenvalue weighted by Crippen LogP contribution is 2.36. The van der Waals surface area contributed by atoms with Crippen LogP contribution < -0.4 is 9.62 Å². The molecule has 0 spiro atoms. The first kappa shape index (κ1) is 35.4. The largest absolute Gasteiger partial charge is 0.350 e. The molecule has 3 aromatic rings. The summed E-state index contributed by atoms with van der Waals surface area (Å²) in [7, 11) is -3.61. The van der Waals surface area contributed by atoms with E-state index >= 15 is 0 Å². The Labute approximate surface area is 277 Å². The highest BCUT2D eigenvalue weighted by atomic mass is 35.5. The molecule has 0 bridgehead atoms. The van der Waals surface area contributed by atoms with E-state index in [1.54, 1.807) is 24.3 Å². The molecular formula is C31H38Cl4N4O3S. The second-order valence-corrected chi connectivity index (χ2v) is 13.6. The van der Waals surface area contributed by atoms with E-state index in [9.17, 15) is 13.2 Å². The van der Waals surface area contributed by atoms with Gasteiger partial charge >= 0.3 is 0 Å². The molecule has 7 nitrogen and oxygen atoms in total. The lowest BCUT2D eigenvalue weighted by molar-refractivity contribution is 0.0941. The Morgan fingerprint density at radius 2 is 1.56 bits per heavy atom. The maximum Gasteiger partial charge on any atom is 0.251 e. The van der Waals surface area contributed by atoms with Crippen LogP contribution >= 0.6 is 48.0 Å². The number of amides is 1. The van der Waals surface area contributed by atoms with E-state index in [-0.39, 0.29) is 42.8 Å². The van der Waals surface area contributed by atoms with Gasteiger partial charge in [0.1, 0.15) is 0 Å². The molecule has 12 heteroatoms. The highest BCUT2D eigenvalue weighted by molar-refractivity contribution is 7.92. The summed E-state index contributed by atoms with van der Waals surface area (Å²) < 4.78 is 27.6. The van der Waals surface area contributed by atoms with Gasteiger partial charge in [-0.3, -0.25) is 18.9 Å². The van der Waals surface area contributed by atoms with Crippen molar-refractivity contribution in [3.05, 3.63) is 99.5 Å². The molecule has 2 saturated heterocycles. The van der Waals surface area contributed by atoms with Gasteiger partial charge in [0.05, 0.1) is 24.0 Å². The average Bonchev–Trinajstić information content (AvgIpc) is 3.39. The summed E-state index contributed by atoms with van der Waals surface area (Å²) in [5.41, 5.74) is 3.07. The first-order chi connectivity index (χ1) is 19.6.